The zero-order chi connectivity index (χ0) is 23.3. The van der Waals surface area contributed by atoms with E-state index in [1.54, 1.807) is 26.0 Å². The third kappa shape index (κ3) is 5.71. The summed E-state index contributed by atoms with van der Waals surface area (Å²) in [5, 5.41) is 2.84. The molecule has 0 saturated carbocycles. The number of carbonyl (C=O) groups is 2. The molecule has 7 nitrogen and oxygen atoms in total. The molecule has 8 heteroatoms. The van der Waals surface area contributed by atoms with Gasteiger partial charge in [-0.05, 0) is 62.1 Å². The first-order valence-electron chi connectivity index (χ1n) is 10.2. The SMILES string of the molecule is CCCN(CC(=O)Nc1ccccc1C)C(=O)c1cc(C)c(C)c(S(=O)(=O)N(C)C)c1. The number of nitrogens with one attached hydrogen (secondary N) is 1. The Hall–Kier alpha value is -2.71. The van der Waals surface area contributed by atoms with Crippen LogP contribution in [0.4, 0.5) is 5.69 Å². The quantitative estimate of drug-likeness (QED) is 0.675. The molecule has 0 radical (unpaired) electrons. The number of nitrogens with zero attached hydrogens (tertiary/aromatic N) is 2. The summed E-state index contributed by atoms with van der Waals surface area (Å²) in [6.45, 7) is 7.57. The van der Waals surface area contributed by atoms with Crippen molar-refractivity contribution in [1.29, 1.82) is 0 Å². The van der Waals surface area contributed by atoms with Crippen molar-refractivity contribution < 1.29 is 18.0 Å². The molecule has 2 amide bonds. The van der Waals surface area contributed by atoms with Crippen molar-refractivity contribution in [2.24, 2.45) is 0 Å². The Morgan fingerprint density at radius 1 is 1.00 bits per heavy atom. The Morgan fingerprint density at radius 2 is 1.65 bits per heavy atom. The predicted octanol–water partition coefficient (Wildman–Crippen LogP) is 3.35. The number of aryl methyl sites for hydroxylation is 2. The van der Waals surface area contributed by atoms with Crippen LogP contribution in [-0.2, 0) is 14.8 Å². The van der Waals surface area contributed by atoms with Crippen LogP contribution in [-0.4, -0.2) is 56.6 Å². The summed E-state index contributed by atoms with van der Waals surface area (Å²) in [6, 6.07) is 10.5. The Labute approximate surface area is 185 Å². The maximum Gasteiger partial charge on any atom is 0.254 e. The van der Waals surface area contributed by atoms with E-state index in [0.29, 0.717) is 29.8 Å². The monoisotopic (exact) mass is 445 g/mol. The lowest BCUT2D eigenvalue weighted by atomic mass is 10.1. The van der Waals surface area contributed by atoms with Gasteiger partial charge in [0.05, 0.1) is 4.90 Å². The van der Waals surface area contributed by atoms with Gasteiger partial charge >= 0.3 is 0 Å². The first kappa shape index (κ1) is 24.6. The van der Waals surface area contributed by atoms with E-state index in [1.165, 1.54) is 25.1 Å². The van der Waals surface area contributed by atoms with Crippen LogP contribution in [0.1, 0.15) is 40.4 Å². The summed E-state index contributed by atoms with van der Waals surface area (Å²) >= 11 is 0. The highest BCUT2D eigenvalue weighted by Crippen LogP contribution is 2.24. The van der Waals surface area contributed by atoms with Gasteiger partial charge in [-0.15, -0.1) is 0 Å². The van der Waals surface area contributed by atoms with Crippen LogP contribution in [0.3, 0.4) is 0 Å². The van der Waals surface area contributed by atoms with Gasteiger partial charge in [0.2, 0.25) is 15.9 Å². The van der Waals surface area contributed by atoms with Crippen LogP contribution < -0.4 is 5.32 Å². The normalized spacial score (nSPS) is 11.5. The van der Waals surface area contributed by atoms with E-state index in [9.17, 15) is 18.0 Å². The molecule has 0 aromatic heterocycles. The number of amides is 2. The van der Waals surface area contributed by atoms with Crippen molar-refractivity contribution in [3.8, 4) is 0 Å². The predicted molar refractivity (Wildman–Crippen MR) is 123 cm³/mol. The van der Waals surface area contributed by atoms with Gasteiger partial charge in [-0.1, -0.05) is 25.1 Å². The molecule has 0 heterocycles. The number of para-hydroxylation sites is 1. The molecule has 31 heavy (non-hydrogen) atoms. The van der Waals surface area contributed by atoms with Crippen LogP contribution in [0.15, 0.2) is 41.3 Å². The van der Waals surface area contributed by atoms with Gasteiger partial charge in [0.25, 0.3) is 5.91 Å². The van der Waals surface area contributed by atoms with E-state index in [4.69, 9.17) is 0 Å². The summed E-state index contributed by atoms with van der Waals surface area (Å²) in [4.78, 5) is 27.4. The molecule has 0 aliphatic rings. The molecule has 0 fully saturated rings. The van der Waals surface area contributed by atoms with E-state index in [-0.39, 0.29) is 28.8 Å². The molecule has 2 aromatic carbocycles. The zero-order valence-corrected chi connectivity index (χ0v) is 19.8. The molecule has 0 bridgehead atoms. The molecule has 0 saturated heterocycles. The van der Waals surface area contributed by atoms with E-state index in [2.05, 4.69) is 5.32 Å². The fourth-order valence-electron chi connectivity index (χ4n) is 3.20. The fraction of sp³-hybridized carbons (Fsp3) is 0.391. The third-order valence-corrected chi connectivity index (χ3v) is 7.10. The van der Waals surface area contributed by atoms with Crippen molar-refractivity contribution in [2.75, 3.05) is 32.5 Å². The second kappa shape index (κ2) is 10.1. The van der Waals surface area contributed by atoms with Crippen molar-refractivity contribution in [3.05, 3.63) is 58.7 Å². The molecular weight excluding hydrogens is 414 g/mol. The lowest BCUT2D eigenvalue weighted by Gasteiger charge is -2.23. The zero-order valence-electron chi connectivity index (χ0n) is 19.0. The number of sulfonamides is 1. The van der Waals surface area contributed by atoms with E-state index >= 15 is 0 Å². The molecule has 0 aliphatic carbocycles. The highest BCUT2D eigenvalue weighted by molar-refractivity contribution is 7.89. The number of anilines is 1. The van der Waals surface area contributed by atoms with E-state index in [1.807, 2.05) is 32.0 Å². The van der Waals surface area contributed by atoms with E-state index < -0.39 is 10.0 Å². The number of hydrogen-bond donors (Lipinski definition) is 1. The minimum absolute atomic E-state index is 0.0988. The Morgan fingerprint density at radius 3 is 2.23 bits per heavy atom. The third-order valence-electron chi connectivity index (χ3n) is 5.16. The van der Waals surface area contributed by atoms with Gasteiger partial charge in [-0.25, -0.2) is 12.7 Å². The van der Waals surface area contributed by atoms with Gasteiger partial charge in [-0.3, -0.25) is 9.59 Å². The van der Waals surface area contributed by atoms with Crippen molar-refractivity contribution in [2.45, 2.75) is 39.0 Å². The van der Waals surface area contributed by atoms with E-state index in [0.717, 1.165) is 9.87 Å². The van der Waals surface area contributed by atoms with Crippen LogP contribution in [0.5, 0.6) is 0 Å². The fourth-order valence-corrected chi connectivity index (χ4v) is 4.41. The van der Waals surface area contributed by atoms with Gasteiger partial charge in [-0.2, -0.15) is 0 Å². The largest absolute Gasteiger partial charge is 0.329 e. The minimum atomic E-state index is -3.71. The molecule has 0 spiro atoms. The Kier molecular flexibility index (Phi) is 7.97. The van der Waals surface area contributed by atoms with Crippen molar-refractivity contribution in [3.63, 3.8) is 0 Å². The van der Waals surface area contributed by atoms with Crippen LogP contribution in [0, 0.1) is 20.8 Å². The standard InChI is InChI=1S/C23H31N3O4S/c1-7-12-26(15-22(27)24-20-11-9-8-10-16(20)2)23(28)19-13-17(3)18(4)21(14-19)31(29,30)25(5)6/h8-11,13-14H,7,12,15H2,1-6H3,(H,24,27). The molecular formula is C23H31N3O4S. The van der Waals surface area contributed by atoms with Crippen LogP contribution in [0.25, 0.3) is 0 Å². The lowest BCUT2D eigenvalue weighted by molar-refractivity contribution is -0.116. The molecule has 1 N–H and O–H groups in total. The highest BCUT2D eigenvalue weighted by atomic mass is 32.2. The van der Waals surface area contributed by atoms with Gasteiger partial charge in [0.15, 0.2) is 0 Å². The summed E-state index contributed by atoms with van der Waals surface area (Å²) in [5.74, 6) is -0.679. The Bertz CT molecular complexity index is 1080. The molecule has 2 aromatic rings. The lowest BCUT2D eigenvalue weighted by Crippen LogP contribution is -2.38. The summed E-state index contributed by atoms with van der Waals surface area (Å²) in [6.07, 6.45) is 0.664. The molecule has 168 valence electrons. The smallest absolute Gasteiger partial charge is 0.254 e. The Balaban J connectivity index is 2.34. The summed E-state index contributed by atoms with van der Waals surface area (Å²) in [7, 11) is -0.797. The number of benzene rings is 2. The van der Waals surface area contributed by atoms with Gasteiger partial charge in [0.1, 0.15) is 6.54 Å². The molecule has 0 aliphatic heterocycles. The molecule has 0 unspecified atom stereocenters. The van der Waals surface area contributed by atoms with Gasteiger partial charge < -0.3 is 10.2 Å². The topological polar surface area (TPSA) is 86.8 Å². The van der Waals surface area contributed by atoms with Crippen LogP contribution >= 0.6 is 0 Å². The second-order valence-corrected chi connectivity index (χ2v) is 9.91. The summed E-state index contributed by atoms with van der Waals surface area (Å²) in [5.41, 5.74) is 3.18. The second-order valence-electron chi connectivity index (χ2n) is 7.79. The average molecular weight is 446 g/mol. The maximum absolute atomic E-state index is 13.2. The summed E-state index contributed by atoms with van der Waals surface area (Å²) < 4.78 is 26.6. The number of hydrogen-bond acceptors (Lipinski definition) is 4. The highest BCUT2D eigenvalue weighted by Gasteiger charge is 2.25. The first-order chi connectivity index (χ1) is 14.5. The minimum Gasteiger partial charge on any atom is -0.329 e. The maximum atomic E-state index is 13.2. The van der Waals surface area contributed by atoms with Crippen molar-refractivity contribution in [1.82, 2.24) is 9.21 Å². The molecule has 2 rings (SSSR count). The van der Waals surface area contributed by atoms with Crippen LogP contribution in [0.2, 0.25) is 0 Å². The number of carbonyl (C=O) groups excluding carboxylic acids is 2. The van der Waals surface area contributed by atoms with Gasteiger partial charge in [0, 0.05) is 31.9 Å². The number of rotatable bonds is 8. The van der Waals surface area contributed by atoms with Crippen molar-refractivity contribution >= 4 is 27.5 Å². The average Bonchev–Trinajstić information content (AvgIpc) is 2.70. The molecule has 0 atom stereocenters. The first-order valence-corrected chi connectivity index (χ1v) is 11.6.